The fourth-order valence-corrected chi connectivity index (χ4v) is 2.08. The Bertz CT molecular complexity index is 235. The molecule has 0 aromatic rings. The number of nitrogens with zero attached hydrogens (tertiary/aromatic N) is 1. The molecule has 6 heteroatoms. The molecule has 0 radical (unpaired) electrons. The Morgan fingerprint density at radius 3 is 2.81 bits per heavy atom. The third kappa shape index (κ3) is 3.62. The van der Waals surface area contributed by atoms with E-state index in [9.17, 15) is 9.90 Å². The van der Waals surface area contributed by atoms with Gasteiger partial charge in [0.15, 0.2) is 0 Å². The Hall–Kier alpha value is -0.850. The van der Waals surface area contributed by atoms with Crippen LogP contribution in [0.4, 0.5) is 4.79 Å². The maximum Gasteiger partial charge on any atom is 0.314 e. The van der Waals surface area contributed by atoms with Crippen molar-refractivity contribution in [1.29, 1.82) is 0 Å². The third-order valence-electron chi connectivity index (χ3n) is 3.02. The number of aliphatic hydroxyl groups excluding tert-OH is 2. The first-order chi connectivity index (χ1) is 7.54. The number of hydrogen-bond acceptors (Lipinski definition) is 4. The summed E-state index contributed by atoms with van der Waals surface area (Å²) in [6, 6.07) is -0.367. The first-order valence-electron chi connectivity index (χ1n) is 5.61. The van der Waals surface area contributed by atoms with Crippen molar-refractivity contribution in [2.45, 2.75) is 25.5 Å². The molecule has 0 aromatic carbocycles. The predicted octanol–water partition coefficient (Wildman–Crippen LogP) is -1.28. The molecule has 0 spiro atoms. The summed E-state index contributed by atoms with van der Waals surface area (Å²) in [5, 5.41) is 21.4. The lowest BCUT2D eigenvalue weighted by molar-refractivity contribution is 0.0616. The van der Waals surface area contributed by atoms with Gasteiger partial charge in [-0.25, -0.2) is 4.79 Å². The second-order valence-corrected chi connectivity index (χ2v) is 4.35. The summed E-state index contributed by atoms with van der Waals surface area (Å²) < 4.78 is 0. The third-order valence-corrected chi connectivity index (χ3v) is 3.02. The van der Waals surface area contributed by atoms with Crippen LogP contribution >= 0.6 is 0 Å². The largest absolute Gasteiger partial charge is 0.395 e. The summed E-state index contributed by atoms with van der Waals surface area (Å²) in [5.74, 6) is 0.0393. The van der Waals surface area contributed by atoms with Crippen LogP contribution in [-0.2, 0) is 0 Å². The number of nitrogens with one attached hydrogen (secondary N) is 1. The van der Waals surface area contributed by atoms with Gasteiger partial charge in [0.25, 0.3) is 0 Å². The lowest BCUT2D eigenvalue weighted by atomic mass is 9.90. The summed E-state index contributed by atoms with van der Waals surface area (Å²) >= 11 is 0. The van der Waals surface area contributed by atoms with Gasteiger partial charge in [0, 0.05) is 31.6 Å². The molecule has 2 amide bonds. The summed E-state index contributed by atoms with van der Waals surface area (Å²) in [4.78, 5) is 12.7. The van der Waals surface area contributed by atoms with Gasteiger partial charge in [0.1, 0.15) is 0 Å². The van der Waals surface area contributed by atoms with Crippen molar-refractivity contribution in [3.8, 4) is 0 Å². The van der Waals surface area contributed by atoms with Crippen LogP contribution in [0.1, 0.15) is 13.3 Å². The van der Waals surface area contributed by atoms with Crippen LogP contribution in [0.2, 0.25) is 0 Å². The van der Waals surface area contributed by atoms with Gasteiger partial charge in [-0.3, -0.25) is 0 Å². The Morgan fingerprint density at radius 1 is 1.62 bits per heavy atom. The number of carbonyl (C=O) groups is 1. The smallest absolute Gasteiger partial charge is 0.314 e. The number of nitrogens with two attached hydrogens (primary N) is 1. The van der Waals surface area contributed by atoms with Crippen LogP contribution in [-0.4, -0.2) is 59.5 Å². The molecule has 5 N–H and O–H groups in total. The fraction of sp³-hybridized carbons (Fsp3) is 0.900. The predicted molar refractivity (Wildman–Crippen MR) is 59.8 cm³/mol. The first-order valence-corrected chi connectivity index (χ1v) is 5.61. The molecule has 16 heavy (non-hydrogen) atoms. The highest BCUT2D eigenvalue weighted by atomic mass is 16.3. The molecule has 1 rings (SSSR count). The van der Waals surface area contributed by atoms with Crippen molar-refractivity contribution in [2.75, 3.05) is 26.2 Å². The topological polar surface area (TPSA) is 98.8 Å². The van der Waals surface area contributed by atoms with Gasteiger partial charge in [-0.15, -0.1) is 0 Å². The zero-order chi connectivity index (χ0) is 12.1. The fourth-order valence-electron chi connectivity index (χ4n) is 2.08. The van der Waals surface area contributed by atoms with Crippen molar-refractivity contribution in [1.82, 2.24) is 10.2 Å². The van der Waals surface area contributed by atoms with E-state index >= 15 is 0 Å². The van der Waals surface area contributed by atoms with Crippen molar-refractivity contribution >= 4 is 6.03 Å². The Morgan fingerprint density at radius 2 is 2.31 bits per heavy atom. The maximum atomic E-state index is 11.1. The van der Waals surface area contributed by atoms with Crippen LogP contribution in [0.5, 0.6) is 0 Å². The van der Waals surface area contributed by atoms with Crippen molar-refractivity contribution in [2.24, 2.45) is 11.7 Å². The van der Waals surface area contributed by atoms with E-state index in [0.717, 1.165) is 6.42 Å². The molecule has 0 aliphatic carbocycles. The number of urea groups is 1. The number of aliphatic hydroxyl groups is 2. The molecule has 0 aromatic heterocycles. The van der Waals surface area contributed by atoms with E-state index in [0.29, 0.717) is 19.6 Å². The molecule has 1 aliphatic heterocycles. The van der Waals surface area contributed by atoms with Crippen molar-refractivity contribution < 1.29 is 15.0 Å². The van der Waals surface area contributed by atoms with Gasteiger partial charge >= 0.3 is 6.03 Å². The average Bonchev–Trinajstić information content (AvgIpc) is 2.25. The molecule has 0 bridgehead atoms. The summed E-state index contributed by atoms with van der Waals surface area (Å²) in [5.41, 5.74) is 5.25. The second kappa shape index (κ2) is 6.03. The lowest BCUT2D eigenvalue weighted by Crippen LogP contribution is -2.54. The number of likely N-dealkylation sites (tertiary alicyclic amines) is 1. The van der Waals surface area contributed by atoms with Gasteiger partial charge in [0.2, 0.25) is 0 Å². The second-order valence-electron chi connectivity index (χ2n) is 4.35. The molecule has 1 aliphatic rings. The molecule has 3 unspecified atom stereocenters. The Labute approximate surface area is 95.4 Å². The first kappa shape index (κ1) is 13.2. The van der Waals surface area contributed by atoms with Crippen molar-refractivity contribution in [3.05, 3.63) is 0 Å². The van der Waals surface area contributed by atoms with Gasteiger partial charge in [0.05, 0.1) is 12.7 Å². The highest BCUT2D eigenvalue weighted by Crippen LogP contribution is 2.19. The average molecular weight is 231 g/mol. The van der Waals surface area contributed by atoms with E-state index < -0.39 is 12.1 Å². The zero-order valence-electron chi connectivity index (χ0n) is 9.59. The number of amides is 2. The van der Waals surface area contributed by atoms with Crippen LogP contribution in [0.15, 0.2) is 0 Å². The Balaban J connectivity index is 2.55. The molecule has 0 saturated carbocycles. The highest BCUT2D eigenvalue weighted by Gasteiger charge is 2.30. The van der Waals surface area contributed by atoms with Crippen LogP contribution < -0.4 is 11.1 Å². The van der Waals surface area contributed by atoms with E-state index in [-0.39, 0.29) is 18.6 Å². The van der Waals surface area contributed by atoms with Gasteiger partial charge in [-0.1, -0.05) is 0 Å². The van der Waals surface area contributed by atoms with Crippen molar-refractivity contribution in [3.63, 3.8) is 0 Å². The number of primary amides is 1. The van der Waals surface area contributed by atoms with Crippen LogP contribution in [0.25, 0.3) is 0 Å². The normalized spacial score (nSPS) is 27.8. The van der Waals surface area contributed by atoms with Crippen LogP contribution in [0, 0.1) is 5.92 Å². The van der Waals surface area contributed by atoms with Gasteiger partial charge < -0.3 is 26.2 Å². The van der Waals surface area contributed by atoms with Gasteiger partial charge in [-0.05, 0) is 13.3 Å². The standard InChI is InChI=1S/C10H21N3O3/c1-7(15)8-4-9(12-2-3-14)6-13(5-8)10(11)16/h7-9,12,14-15H,2-6H2,1H3,(H2,11,16). The monoisotopic (exact) mass is 231 g/mol. The number of carbonyl (C=O) groups excluding carboxylic acids is 1. The molecule has 1 saturated heterocycles. The van der Waals surface area contributed by atoms with E-state index in [2.05, 4.69) is 5.32 Å². The molecule has 94 valence electrons. The van der Waals surface area contributed by atoms with E-state index in [1.165, 1.54) is 4.90 Å². The van der Waals surface area contributed by atoms with E-state index in [1.807, 2.05) is 0 Å². The van der Waals surface area contributed by atoms with Crippen LogP contribution in [0.3, 0.4) is 0 Å². The van der Waals surface area contributed by atoms with Gasteiger partial charge in [-0.2, -0.15) is 0 Å². The Kier molecular flexibility index (Phi) is 4.98. The molecule has 1 heterocycles. The number of hydrogen-bond donors (Lipinski definition) is 4. The molecular weight excluding hydrogens is 210 g/mol. The molecule has 1 fully saturated rings. The SMILES string of the molecule is CC(O)C1CC(NCCO)CN(C(N)=O)C1. The van der Waals surface area contributed by atoms with E-state index in [4.69, 9.17) is 10.8 Å². The lowest BCUT2D eigenvalue weighted by Gasteiger charge is -2.38. The highest BCUT2D eigenvalue weighted by molar-refractivity contribution is 5.72. The molecular formula is C10H21N3O3. The maximum absolute atomic E-state index is 11.1. The quantitative estimate of drug-likeness (QED) is 0.484. The summed E-state index contributed by atoms with van der Waals surface area (Å²) in [6.45, 7) is 3.32. The summed E-state index contributed by atoms with van der Waals surface area (Å²) in [6.07, 6.45) is 0.335. The summed E-state index contributed by atoms with van der Waals surface area (Å²) in [7, 11) is 0. The minimum Gasteiger partial charge on any atom is -0.395 e. The number of piperidine rings is 1. The number of rotatable bonds is 4. The minimum absolute atomic E-state index is 0.0393. The zero-order valence-corrected chi connectivity index (χ0v) is 9.59. The molecule has 3 atom stereocenters. The van der Waals surface area contributed by atoms with E-state index in [1.54, 1.807) is 6.92 Å². The molecule has 6 nitrogen and oxygen atoms in total. The minimum atomic E-state index is -0.458.